The number of nitrogens with zero attached hydrogens (tertiary/aromatic N) is 4. The lowest BCUT2D eigenvalue weighted by Gasteiger charge is -2.08. The first kappa shape index (κ1) is 14.1. The van der Waals surface area contributed by atoms with E-state index < -0.39 is 0 Å². The van der Waals surface area contributed by atoms with Crippen molar-refractivity contribution in [3.8, 4) is 17.0 Å². The Morgan fingerprint density at radius 1 is 0.917 bits per heavy atom. The van der Waals surface area contributed by atoms with Gasteiger partial charge in [-0.1, -0.05) is 24.3 Å². The second kappa shape index (κ2) is 5.58. The predicted octanol–water partition coefficient (Wildman–Crippen LogP) is 3.27. The minimum atomic E-state index is -0.314. The molecule has 0 atom stereocenters. The third-order valence-electron chi connectivity index (χ3n) is 3.40. The van der Waals surface area contributed by atoms with Crippen molar-refractivity contribution >= 4 is 22.8 Å². The van der Waals surface area contributed by atoms with Crippen molar-refractivity contribution in [2.45, 2.75) is 0 Å². The van der Waals surface area contributed by atoms with Crippen molar-refractivity contribution in [2.75, 3.05) is 5.32 Å². The molecule has 0 saturated heterocycles. The highest BCUT2D eigenvalue weighted by atomic mass is 19.1. The first-order chi connectivity index (χ1) is 11.7. The molecule has 0 saturated carbocycles. The monoisotopic (exact) mass is 323 g/mol. The van der Waals surface area contributed by atoms with E-state index in [1.54, 1.807) is 18.2 Å². The minimum absolute atomic E-state index is 0.123. The summed E-state index contributed by atoms with van der Waals surface area (Å²) >= 11 is 0. The number of nitrogens with one attached hydrogen (secondary N) is 1. The summed E-state index contributed by atoms with van der Waals surface area (Å²) in [6, 6.07) is 13.6. The van der Waals surface area contributed by atoms with E-state index in [4.69, 9.17) is 0 Å². The van der Waals surface area contributed by atoms with Crippen LogP contribution in [0, 0.1) is 5.82 Å². The average Bonchev–Trinajstić information content (AvgIpc) is 3.03. The molecule has 0 unspecified atom stereocenters. The summed E-state index contributed by atoms with van der Waals surface area (Å²) in [4.78, 5) is 7.95. The maximum Gasteiger partial charge on any atom is 0.257 e. The maximum atomic E-state index is 13.0. The standard InChI is InChI=1S/C16H10FN5O2/c17-11-6-4-9(5-7-11)10-2-1-3-12(8-10)18-15-16(23)20-14-13(19-15)21-24-22-14/h1-8H,(H,18,19,21)(H,20,22,23). The van der Waals surface area contributed by atoms with Crippen LogP contribution in [-0.4, -0.2) is 25.4 Å². The molecule has 0 aliphatic carbocycles. The van der Waals surface area contributed by atoms with Gasteiger partial charge in [-0.05, 0) is 45.7 Å². The van der Waals surface area contributed by atoms with Crippen molar-refractivity contribution in [2.24, 2.45) is 0 Å². The van der Waals surface area contributed by atoms with Crippen LogP contribution in [0.5, 0.6) is 5.88 Å². The molecule has 4 rings (SSSR count). The molecule has 0 aliphatic heterocycles. The molecule has 0 bridgehead atoms. The normalized spacial score (nSPS) is 10.9. The van der Waals surface area contributed by atoms with Crippen LogP contribution in [0.1, 0.15) is 0 Å². The number of hydrogen-bond acceptors (Lipinski definition) is 7. The third-order valence-corrected chi connectivity index (χ3v) is 3.40. The van der Waals surface area contributed by atoms with Gasteiger partial charge < -0.3 is 10.4 Å². The molecule has 24 heavy (non-hydrogen) atoms. The van der Waals surface area contributed by atoms with Gasteiger partial charge in [0.2, 0.25) is 11.3 Å². The molecule has 8 heteroatoms. The van der Waals surface area contributed by atoms with Gasteiger partial charge in [0.1, 0.15) is 5.82 Å². The van der Waals surface area contributed by atoms with Crippen LogP contribution < -0.4 is 5.32 Å². The average molecular weight is 323 g/mol. The summed E-state index contributed by atoms with van der Waals surface area (Å²) in [6.07, 6.45) is 0. The molecule has 2 N–H and O–H groups in total. The number of benzene rings is 2. The summed E-state index contributed by atoms with van der Waals surface area (Å²) in [5.41, 5.74) is 2.74. The first-order valence-corrected chi connectivity index (χ1v) is 7.01. The Morgan fingerprint density at radius 2 is 1.67 bits per heavy atom. The summed E-state index contributed by atoms with van der Waals surface area (Å²) in [6.45, 7) is 0. The van der Waals surface area contributed by atoms with Gasteiger partial charge >= 0.3 is 0 Å². The van der Waals surface area contributed by atoms with Crippen molar-refractivity contribution in [3.05, 3.63) is 54.3 Å². The van der Waals surface area contributed by atoms with Crippen molar-refractivity contribution in [1.82, 2.24) is 20.3 Å². The molecule has 118 valence electrons. The SMILES string of the molecule is Oc1nc2nonc2nc1Nc1cccc(-c2ccc(F)cc2)c1. The van der Waals surface area contributed by atoms with Gasteiger partial charge in [-0.2, -0.15) is 9.97 Å². The Kier molecular flexibility index (Phi) is 3.27. The van der Waals surface area contributed by atoms with Crippen LogP contribution in [0.3, 0.4) is 0 Å². The van der Waals surface area contributed by atoms with E-state index in [1.807, 2.05) is 18.2 Å². The Bertz CT molecular complexity index is 1020. The molecule has 2 aromatic carbocycles. The van der Waals surface area contributed by atoms with Crippen LogP contribution in [0.15, 0.2) is 53.2 Å². The second-order valence-corrected chi connectivity index (χ2v) is 5.02. The van der Waals surface area contributed by atoms with Gasteiger partial charge in [-0.3, -0.25) is 0 Å². The quantitative estimate of drug-likeness (QED) is 0.597. The van der Waals surface area contributed by atoms with Crippen LogP contribution in [0.25, 0.3) is 22.4 Å². The summed E-state index contributed by atoms with van der Waals surface area (Å²) < 4.78 is 17.6. The van der Waals surface area contributed by atoms with Gasteiger partial charge in [-0.25, -0.2) is 9.02 Å². The van der Waals surface area contributed by atoms with E-state index in [-0.39, 0.29) is 28.8 Å². The van der Waals surface area contributed by atoms with Crippen LogP contribution in [0.2, 0.25) is 0 Å². The number of halogens is 1. The minimum Gasteiger partial charge on any atom is -0.491 e. The predicted molar refractivity (Wildman–Crippen MR) is 84.2 cm³/mol. The van der Waals surface area contributed by atoms with E-state index >= 15 is 0 Å². The Labute approximate surface area is 134 Å². The topological polar surface area (TPSA) is 97.0 Å². The number of rotatable bonds is 3. The smallest absolute Gasteiger partial charge is 0.257 e. The van der Waals surface area contributed by atoms with Crippen LogP contribution in [-0.2, 0) is 0 Å². The highest BCUT2D eigenvalue weighted by molar-refractivity contribution is 5.74. The molecule has 2 heterocycles. The summed E-state index contributed by atoms with van der Waals surface area (Å²) in [5, 5.41) is 20.0. The highest BCUT2D eigenvalue weighted by Crippen LogP contribution is 2.27. The third kappa shape index (κ3) is 2.60. The molecular formula is C16H10FN5O2. The van der Waals surface area contributed by atoms with E-state index in [9.17, 15) is 9.50 Å². The lowest BCUT2D eigenvalue weighted by atomic mass is 10.1. The van der Waals surface area contributed by atoms with Gasteiger partial charge in [0, 0.05) is 5.69 Å². The lowest BCUT2D eigenvalue weighted by molar-refractivity contribution is 0.314. The lowest BCUT2D eigenvalue weighted by Crippen LogP contribution is -1.97. The number of anilines is 2. The van der Waals surface area contributed by atoms with Crippen molar-refractivity contribution in [1.29, 1.82) is 0 Å². The molecule has 0 spiro atoms. The number of aromatic nitrogens is 4. The number of aromatic hydroxyl groups is 1. The van der Waals surface area contributed by atoms with E-state index in [2.05, 4.69) is 30.2 Å². The summed E-state index contributed by atoms with van der Waals surface area (Å²) in [7, 11) is 0. The molecule has 0 radical (unpaired) electrons. The van der Waals surface area contributed by atoms with Gasteiger partial charge in [-0.15, -0.1) is 0 Å². The zero-order valence-corrected chi connectivity index (χ0v) is 12.1. The molecule has 4 aromatic rings. The Hall–Kier alpha value is -3.55. The fourth-order valence-electron chi connectivity index (χ4n) is 2.27. The Balaban J connectivity index is 1.67. The molecule has 7 nitrogen and oxygen atoms in total. The molecule has 2 aromatic heterocycles. The van der Waals surface area contributed by atoms with E-state index in [0.29, 0.717) is 5.69 Å². The highest BCUT2D eigenvalue weighted by Gasteiger charge is 2.12. The van der Waals surface area contributed by atoms with E-state index in [1.165, 1.54) is 12.1 Å². The van der Waals surface area contributed by atoms with Crippen molar-refractivity contribution < 1.29 is 14.1 Å². The van der Waals surface area contributed by atoms with Gasteiger partial charge in [0.15, 0.2) is 5.82 Å². The zero-order chi connectivity index (χ0) is 16.5. The fraction of sp³-hybridized carbons (Fsp3) is 0. The van der Waals surface area contributed by atoms with E-state index in [0.717, 1.165) is 11.1 Å². The van der Waals surface area contributed by atoms with Crippen molar-refractivity contribution in [3.63, 3.8) is 0 Å². The van der Waals surface area contributed by atoms with Crippen LogP contribution >= 0.6 is 0 Å². The van der Waals surface area contributed by atoms with Crippen LogP contribution in [0.4, 0.5) is 15.9 Å². The Morgan fingerprint density at radius 3 is 2.46 bits per heavy atom. The fourth-order valence-corrected chi connectivity index (χ4v) is 2.27. The molecule has 0 aliphatic rings. The molecular weight excluding hydrogens is 313 g/mol. The van der Waals surface area contributed by atoms with Gasteiger partial charge in [0.25, 0.3) is 5.88 Å². The summed E-state index contributed by atoms with van der Waals surface area (Å²) in [5.74, 6) is -0.470. The second-order valence-electron chi connectivity index (χ2n) is 5.02. The van der Waals surface area contributed by atoms with Gasteiger partial charge in [0.05, 0.1) is 0 Å². The molecule has 0 amide bonds. The largest absolute Gasteiger partial charge is 0.491 e. The number of hydrogen-bond donors (Lipinski definition) is 2. The maximum absolute atomic E-state index is 13.0. The first-order valence-electron chi connectivity index (χ1n) is 7.01. The molecule has 0 fully saturated rings. The number of fused-ring (bicyclic) bond motifs is 1. The zero-order valence-electron chi connectivity index (χ0n) is 12.1.